The Hall–Kier alpha value is 0.560. The van der Waals surface area contributed by atoms with Crippen LogP contribution in [0.15, 0.2) is 0 Å². The second-order valence-electron chi connectivity index (χ2n) is 2.13. The summed E-state index contributed by atoms with van der Waals surface area (Å²) in [5.41, 5.74) is 0. The standard InChI is InChI=1S/C6H12F2S2/c1-5(7)3-9-10-4-6(2)8/h5-6H,3-4H2,1-2H3. The third-order valence-electron chi connectivity index (χ3n) is 0.679. The Morgan fingerprint density at radius 2 is 1.30 bits per heavy atom. The van der Waals surface area contributed by atoms with Crippen LogP contribution in [0, 0.1) is 0 Å². The van der Waals surface area contributed by atoms with E-state index in [0.29, 0.717) is 11.5 Å². The molecule has 2 atom stereocenters. The molecule has 0 aliphatic carbocycles. The molecule has 0 nitrogen and oxygen atoms in total. The molecule has 0 N–H and O–H groups in total. The van der Waals surface area contributed by atoms with Crippen molar-refractivity contribution in [2.45, 2.75) is 26.2 Å². The molecule has 0 saturated carbocycles. The molecule has 0 aromatic rings. The van der Waals surface area contributed by atoms with Crippen LogP contribution in [0.2, 0.25) is 0 Å². The molecule has 0 amide bonds. The van der Waals surface area contributed by atoms with Crippen LogP contribution in [-0.4, -0.2) is 23.8 Å². The first kappa shape index (κ1) is 10.6. The molecule has 0 aliphatic rings. The lowest BCUT2D eigenvalue weighted by Gasteiger charge is -2.01. The highest BCUT2D eigenvalue weighted by Gasteiger charge is 2.01. The number of alkyl halides is 2. The second-order valence-corrected chi connectivity index (χ2v) is 4.68. The smallest absolute Gasteiger partial charge is 0.107 e. The van der Waals surface area contributed by atoms with E-state index >= 15 is 0 Å². The number of hydrogen-bond acceptors (Lipinski definition) is 2. The molecule has 10 heavy (non-hydrogen) atoms. The van der Waals surface area contributed by atoms with Gasteiger partial charge in [0.05, 0.1) is 0 Å². The van der Waals surface area contributed by atoms with E-state index in [4.69, 9.17) is 0 Å². The van der Waals surface area contributed by atoms with Gasteiger partial charge in [0, 0.05) is 11.5 Å². The number of halogens is 2. The average molecular weight is 186 g/mol. The van der Waals surface area contributed by atoms with Gasteiger partial charge in [-0.2, -0.15) is 0 Å². The van der Waals surface area contributed by atoms with E-state index < -0.39 is 12.3 Å². The van der Waals surface area contributed by atoms with Crippen LogP contribution in [0.1, 0.15) is 13.8 Å². The highest BCUT2D eigenvalue weighted by atomic mass is 33.1. The molecule has 0 fully saturated rings. The van der Waals surface area contributed by atoms with Gasteiger partial charge in [0.1, 0.15) is 12.3 Å². The molecule has 62 valence electrons. The van der Waals surface area contributed by atoms with Crippen LogP contribution in [0.25, 0.3) is 0 Å². The zero-order valence-corrected chi connectivity index (χ0v) is 7.77. The lowest BCUT2D eigenvalue weighted by molar-refractivity contribution is 0.397. The van der Waals surface area contributed by atoms with Crippen molar-refractivity contribution in [1.82, 2.24) is 0 Å². The lowest BCUT2D eigenvalue weighted by Crippen LogP contribution is -1.97. The van der Waals surface area contributed by atoms with E-state index in [9.17, 15) is 8.78 Å². The van der Waals surface area contributed by atoms with Gasteiger partial charge in [-0.3, -0.25) is 0 Å². The monoisotopic (exact) mass is 186 g/mol. The van der Waals surface area contributed by atoms with Gasteiger partial charge in [-0.05, 0) is 13.8 Å². The molecule has 4 heteroatoms. The quantitative estimate of drug-likeness (QED) is 0.478. The largest absolute Gasteiger partial charge is 0.247 e. The van der Waals surface area contributed by atoms with Gasteiger partial charge < -0.3 is 0 Å². The van der Waals surface area contributed by atoms with Crippen LogP contribution >= 0.6 is 21.6 Å². The van der Waals surface area contributed by atoms with Gasteiger partial charge >= 0.3 is 0 Å². The molecular weight excluding hydrogens is 174 g/mol. The van der Waals surface area contributed by atoms with Gasteiger partial charge in [-0.15, -0.1) is 0 Å². The maximum atomic E-state index is 12.1. The summed E-state index contributed by atoms with van der Waals surface area (Å²) in [5.74, 6) is 0.911. The van der Waals surface area contributed by atoms with Crippen molar-refractivity contribution in [1.29, 1.82) is 0 Å². The van der Waals surface area contributed by atoms with Crippen LogP contribution in [0.4, 0.5) is 8.78 Å². The van der Waals surface area contributed by atoms with Crippen LogP contribution in [0.5, 0.6) is 0 Å². The molecule has 0 spiro atoms. The predicted octanol–water partition coefficient (Wildman–Crippen LogP) is 3.08. The minimum atomic E-state index is -0.785. The van der Waals surface area contributed by atoms with E-state index in [-0.39, 0.29) is 0 Å². The van der Waals surface area contributed by atoms with Crippen molar-refractivity contribution in [3.63, 3.8) is 0 Å². The van der Waals surface area contributed by atoms with Crippen molar-refractivity contribution in [3.8, 4) is 0 Å². The van der Waals surface area contributed by atoms with Crippen molar-refractivity contribution < 1.29 is 8.78 Å². The summed E-state index contributed by atoms with van der Waals surface area (Å²) in [4.78, 5) is 0. The molecule has 0 heterocycles. The average Bonchev–Trinajstić information content (AvgIpc) is 1.79. The van der Waals surface area contributed by atoms with Gasteiger partial charge in [0.15, 0.2) is 0 Å². The molecule has 0 radical (unpaired) electrons. The molecule has 0 bridgehead atoms. The van der Waals surface area contributed by atoms with Gasteiger partial charge in [-0.25, -0.2) is 8.78 Å². The highest BCUT2D eigenvalue weighted by molar-refractivity contribution is 8.76. The van der Waals surface area contributed by atoms with E-state index in [1.807, 2.05) is 0 Å². The van der Waals surface area contributed by atoms with Gasteiger partial charge in [0.2, 0.25) is 0 Å². The molecule has 2 unspecified atom stereocenters. The van der Waals surface area contributed by atoms with Crippen molar-refractivity contribution >= 4 is 21.6 Å². The molecule has 0 saturated heterocycles. The third kappa shape index (κ3) is 8.56. The summed E-state index contributed by atoms with van der Waals surface area (Å²) in [6.07, 6.45) is -1.57. The van der Waals surface area contributed by atoms with Crippen molar-refractivity contribution in [2.24, 2.45) is 0 Å². The summed E-state index contributed by atoms with van der Waals surface area (Å²) in [6.45, 7) is 3.01. The Morgan fingerprint density at radius 3 is 1.50 bits per heavy atom. The molecular formula is C6H12F2S2. The summed E-state index contributed by atoms with van der Waals surface area (Å²) >= 11 is 0. The van der Waals surface area contributed by atoms with E-state index in [1.54, 1.807) is 0 Å². The molecule has 0 aromatic heterocycles. The van der Waals surface area contributed by atoms with E-state index in [1.165, 1.54) is 35.4 Å². The zero-order chi connectivity index (χ0) is 7.98. The summed E-state index contributed by atoms with van der Waals surface area (Å²) in [6, 6.07) is 0. The minimum absolute atomic E-state index is 0.456. The Bertz CT molecular complexity index is 66.1. The lowest BCUT2D eigenvalue weighted by atomic mass is 10.5. The SMILES string of the molecule is CC(F)CSSCC(C)F. The first-order chi connectivity index (χ1) is 4.63. The maximum absolute atomic E-state index is 12.1. The van der Waals surface area contributed by atoms with Gasteiger partial charge in [0.25, 0.3) is 0 Å². The van der Waals surface area contributed by atoms with Crippen LogP contribution in [-0.2, 0) is 0 Å². The van der Waals surface area contributed by atoms with E-state index in [0.717, 1.165) is 0 Å². The number of hydrogen-bond donors (Lipinski definition) is 0. The Labute approximate surface area is 68.5 Å². The maximum Gasteiger partial charge on any atom is 0.107 e. The fourth-order valence-corrected chi connectivity index (χ4v) is 2.55. The second kappa shape index (κ2) is 6.28. The van der Waals surface area contributed by atoms with Crippen molar-refractivity contribution in [3.05, 3.63) is 0 Å². The van der Waals surface area contributed by atoms with Crippen LogP contribution < -0.4 is 0 Å². The first-order valence-electron chi connectivity index (χ1n) is 3.15. The van der Waals surface area contributed by atoms with E-state index in [2.05, 4.69) is 0 Å². The zero-order valence-electron chi connectivity index (χ0n) is 6.14. The topological polar surface area (TPSA) is 0 Å². The Balaban J connectivity index is 2.91. The molecule has 0 aromatic carbocycles. The molecule has 0 rings (SSSR count). The summed E-state index contributed by atoms with van der Waals surface area (Å²) in [5, 5.41) is 0. The minimum Gasteiger partial charge on any atom is -0.247 e. The van der Waals surface area contributed by atoms with Crippen LogP contribution in [0.3, 0.4) is 0 Å². The summed E-state index contributed by atoms with van der Waals surface area (Å²) < 4.78 is 24.2. The normalized spacial score (nSPS) is 16.8. The summed E-state index contributed by atoms with van der Waals surface area (Å²) in [7, 11) is 2.78. The third-order valence-corrected chi connectivity index (χ3v) is 3.35. The number of rotatable bonds is 5. The Kier molecular flexibility index (Phi) is 6.63. The Morgan fingerprint density at radius 1 is 1.00 bits per heavy atom. The fraction of sp³-hybridized carbons (Fsp3) is 1.00. The van der Waals surface area contributed by atoms with Crippen molar-refractivity contribution in [2.75, 3.05) is 11.5 Å². The predicted molar refractivity (Wildman–Crippen MR) is 46.1 cm³/mol. The highest BCUT2D eigenvalue weighted by Crippen LogP contribution is 2.23. The first-order valence-corrected chi connectivity index (χ1v) is 5.64. The fourth-order valence-electron chi connectivity index (χ4n) is 0.284. The van der Waals surface area contributed by atoms with Gasteiger partial charge in [-0.1, -0.05) is 21.6 Å². The molecule has 0 aliphatic heterocycles.